The Balaban J connectivity index is 1.82. The van der Waals surface area contributed by atoms with Crippen LogP contribution in [-0.4, -0.2) is 23.9 Å². The highest BCUT2D eigenvalue weighted by atomic mass is 35.5. The summed E-state index contributed by atoms with van der Waals surface area (Å²) in [7, 11) is 0. The molecule has 1 amide bonds. The van der Waals surface area contributed by atoms with Gasteiger partial charge in [0.1, 0.15) is 0 Å². The van der Waals surface area contributed by atoms with E-state index < -0.39 is 0 Å². The number of halogens is 1. The minimum atomic E-state index is -0.262. The van der Waals surface area contributed by atoms with Gasteiger partial charge in [0.2, 0.25) is 5.91 Å². The monoisotopic (exact) mass is 277 g/mol. The van der Waals surface area contributed by atoms with Gasteiger partial charge in [-0.05, 0) is 49.3 Å². The number of carbonyl (C=O) groups excluding carboxylic acids is 1. The van der Waals surface area contributed by atoms with E-state index in [9.17, 15) is 4.79 Å². The highest BCUT2D eigenvalue weighted by Crippen LogP contribution is 2.50. The number of amides is 1. The van der Waals surface area contributed by atoms with Crippen LogP contribution in [0.25, 0.3) is 0 Å². The summed E-state index contributed by atoms with van der Waals surface area (Å²) in [6.07, 6.45) is 4.32. The fraction of sp³-hybridized carbons (Fsp3) is 0.562. The molecule has 3 heteroatoms. The van der Waals surface area contributed by atoms with Gasteiger partial charge in [0.05, 0.1) is 5.41 Å². The van der Waals surface area contributed by atoms with Crippen molar-refractivity contribution < 1.29 is 4.79 Å². The third kappa shape index (κ3) is 2.38. The number of rotatable bonds is 2. The molecular weight excluding hydrogens is 258 g/mol. The Kier molecular flexibility index (Phi) is 3.30. The van der Waals surface area contributed by atoms with Gasteiger partial charge in [0.25, 0.3) is 0 Å². The van der Waals surface area contributed by atoms with Crippen LogP contribution in [0.3, 0.4) is 0 Å². The Bertz CT molecular complexity index is 495. The van der Waals surface area contributed by atoms with Crippen molar-refractivity contribution in [2.45, 2.75) is 38.0 Å². The highest BCUT2D eigenvalue weighted by molar-refractivity contribution is 6.30. The van der Waals surface area contributed by atoms with Crippen molar-refractivity contribution in [1.29, 1.82) is 0 Å². The molecule has 0 N–H and O–H groups in total. The van der Waals surface area contributed by atoms with Gasteiger partial charge in [0, 0.05) is 18.1 Å². The summed E-state index contributed by atoms with van der Waals surface area (Å²) < 4.78 is 0. The molecule has 1 aliphatic heterocycles. The third-order valence-corrected chi connectivity index (χ3v) is 4.72. The molecule has 1 saturated carbocycles. The van der Waals surface area contributed by atoms with Gasteiger partial charge < -0.3 is 4.90 Å². The first-order valence-corrected chi connectivity index (χ1v) is 7.55. The predicted molar refractivity (Wildman–Crippen MR) is 77.3 cm³/mol. The standard InChI is InChI=1S/C16H20ClNO/c1-12-4-3-9-18(11-12)15(19)16(7-8-16)13-5-2-6-14(17)10-13/h2,5-6,10,12H,3-4,7-9,11H2,1H3. The Morgan fingerprint density at radius 2 is 2.21 bits per heavy atom. The molecule has 1 aliphatic carbocycles. The van der Waals surface area contributed by atoms with Crippen LogP contribution in [0, 0.1) is 5.92 Å². The minimum absolute atomic E-state index is 0.262. The lowest BCUT2D eigenvalue weighted by Gasteiger charge is -2.34. The average Bonchev–Trinajstić information content (AvgIpc) is 3.19. The minimum Gasteiger partial charge on any atom is -0.342 e. The Morgan fingerprint density at radius 3 is 2.84 bits per heavy atom. The molecule has 0 radical (unpaired) electrons. The van der Waals surface area contributed by atoms with Crippen LogP contribution < -0.4 is 0 Å². The summed E-state index contributed by atoms with van der Waals surface area (Å²) in [6.45, 7) is 4.07. The molecule has 1 unspecified atom stereocenters. The molecule has 1 saturated heterocycles. The maximum Gasteiger partial charge on any atom is 0.233 e. The molecule has 2 fully saturated rings. The van der Waals surface area contributed by atoms with Gasteiger partial charge in [-0.1, -0.05) is 30.7 Å². The summed E-state index contributed by atoms with van der Waals surface area (Å²) in [6, 6.07) is 7.82. The smallest absolute Gasteiger partial charge is 0.233 e. The predicted octanol–water partition coefficient (Wildman–Crippen LogP) is 3.63. The molecule has 102 valence electrons. The summed E-state index contributed by atoms with van der Waals surface area (Å²) in [5.74, 6) is 0.953. The van der Waals surface area contributed by atoms with Crippen LogP contribution in [-0.2, 0) is 10.2 Å². The van der Waals surface area contributed by atoms with E-state index in [4.69, 9.17) is 11.6 Å². The van der Waals surface area contributed by atoms with Gasteiger partial charge in [-0.15, -0.1) is 0 Å². The largest absolute Gasteiger partial charge is 0.342 e. The molecule has 0 bridgehead atoms. The Labute approximate surface area is 119 Å². The second kappa shape index (κ2) is 4.82. The van der Waals surface area contributed by atoms with E-state index >= 15 is 0 Å². The molecular formula is C16H20ClNO. The topological polar surface area (TPSA) is 20.3 Å². The molecule has 3 rings (SSSR count). The van der Waals surface area contributed by atoms with Gasteiger partial charge in [-0.2, -0.15) is 0 Å². The second-order valence-electron chi connectivity index (χ2n) is 6.09. The van der Waals surface area contributed by atoms with Crippen molar-refractivity contribution in [3.8, 4) is 0 Å². The van der Waals surface area contributed by atoms with Crippen molar-refractivity contribution in [1.82, 2.24) is 4.90 Å². The Morgan fingerprint density at radius 1 is 1.42 bits per heavy atom. The summed E-state index contributed by atoms with van der Waals surface area (Å²) in [5, 5.41) is 0.726. The van der Waals surface area contributed by atoms with Crippen molar-refractivity contribution in [3.63, 3.8) is 0 Å². The maximum absolute atomic E-state index is 12.8. The van der Waals surface area contributed by atoms with E-state index in [1.165, 1.54) is 6.42 Å². The molecule has 1 aromatic rings. The SMILES string of the molecule is CC1CCCN(C(=O)C2(c3cccc(Cl)c3)CC2)C1. The number of benzene rings is 1. The lowest BCUT2D eigenvalue weighted by molar-refractivity contribution is -0.135. The van der Waals surface area contributed by atoms with E-state index in [0.29, 0.717) is 11.8 Å². The zero-order valence-electron chi connectivity index (χ0n) is 11.4. The number of likely N-dealkylation sites (tertiary alicyclic amines) is 1. The molecule has 0 aromatic heterocycles. The molecule has 0 spiro atoms. The van der Waals surface area contributed by atoms with Crippen molar-refractivity contribution in [2.75, 3.05) is 13.1 Å². The Hall–Kier alpha value is -1.02. The number of carbonyl (C=O) groups is 1. The normalized spacial score (nSPS) is 25.2. The molecule has 2 aliphatic rings. The van der Waals surface area contributed by atoms with E-state index in [2.05, 4.69) is 11.8 Å². The molecule has 1 heterocycles. The van der Waals surface area contributed by atoms with E-state index in [1.807, 2.05) is 24.3 Å². The van der Waals surface area contributed by atoms with Crippen LogP contribution in [0.15, 0.2) is 24.3 Å². The van der Waals surface area contributed by atoms with Crippen molar-refractivity contribution in [2.24, 2.45) is 5.92 Å². The first-order valence-electron chi connectivity index (χ1n) is 7.17. The quantitative estimate of drug-likeness (QED) is 0.808. The summed E-state index contributed by atoms with van der Waals surface area (Å²) in [4.78, 5) is 14.9. The van der Waals surface area contributed by atoms with Crippen molar-refractivity contribution in [3.05, 3.63) is 34.9 Å². The maximum atomic E-state index is 12.8. The van der Waals surface area contributed by atoms with Crippen LogP contribution >= 0.6 is 11.6 Å². The van der Waals surface area contributed by atoms with E-state index in [-0.39, 0.29) is 5.41 Å². The van der Waals surface area contributed by atoms with Gasteiger partial charge in [-0.25, -0.2) is 0 Å². The van der Waals surface area contributed by atoms with Gasteiger partial charge >= 0.3 is 0 Å². The second-order valence-corrected chi connectivity index (χ2v) is 6.53. The van der Waals surface area contributed by atoms with Crippen LogP contribution in [0.1, 0.15) is 38.2 Å². The van der Waals surface area contributed by atoms with E-state index in [0.717, 1.165) is 42.9 Å². The lowest BCUT2D eigenvalue weighted by Crippen LogP contribution is -2.44. The van der Waals surface area contributed by atoms with Gasteiger partial charge in [-0.3, -0.25) is 4.79 Å². The number of nitrogens with zero attached hydrogens (tertiary/aromatic N) is 1. The molecule has 19 heavy (non-hydrogen) atoms. The van der Waals surface area contributed by atoms with Crippen LogP contribution in [0.4, 0.5) is 0 Å². The lowest BCUT2D eigenvalue weighted by atomic mass is 9.92. The summed E-state index contributed by atoms with van der Waals surface area (Å²) >= 11 is 6.07. The molecule has 1 atom stereocenters. The number of piperidine rings is 1. The zero-order valence-corrected chi connectivity index (χ0v) is 12.1. The molecule has 2 nitrogen and oxygen atoms in total. The molecule has 1 aromatic carbocycles. The van der Waals surface area contributed by atoms with Crippen LogP contribution in [0.5, 0.6) is 0 Å². The fourth-order valence-electron chi connectivity index (χ4n) is 3.21. The fourth-order valence-corrected chi connectivity index (χ4v) is 3.40. The first kappa shape index (κ1) is 13.0. The summed E-state index contributed by atoms with van der Waals surface area (Å²) in [5.41, 5.74) is 0.838. The van der Waals surface area contributed by atoms with E-state index in [1.54, 1.807) is 0 Å². The van der Waals surface area contributed by atoms with Crippen LogP contribution in [0.2, 0.25) is 5.02 Å². The number of hydrogen-bond donors (Lipinski definition) is 0. The average molecular weight is 278 g/mol. The number of hydrogen-bond acceptors (Lipinski definition) is 1. The van der Waals surface area contributed by atoms with Gasteiger partial charge in [0.15, 0.2) is 0 Å². The zero-order chi connectivity index (χ0) is 13.5. The highest BCUT2D eigenvalue weighted by Gasteiger charge is 2.53. The third-order valence-electron chi connectivity index (χ3n) is 4.48. The first-order chi connectivity index (χ1) is 9.12. The van der Waals surface area contributed by atoms with Crippen molar-refractivity contribution >= 4 is 17.5 Å².